The lowest BCUT2D eigenvalue weighted by Gasteiger charge is -2.32. The molecule has 0 saturated heterocycles. The lowest BCUT2D eigenvalue weighted by atomic mass is 9.99. The van der Waals surface area contributed by atoms with Crippen LogP contribution in [-0.4, -0.2) is 28.8 Å². The van der Waals surface area contributed by atoms with Crippen LogP contribution in [0.3, 0.4) is 0 Å². The minimum absolute atomic E-state index is 0.0381. The van der Waals surface area contributed by atoms with Crippen molar-refractivity contribution in [1.29, 1.82) is 0 Å². The minimum Gasteiger partial charge on any atom is -0.352 e. The van der Waals surface area contributed by atoms with Crippen LogP contribution in [-0.2, 0) is 29.0 Å². The normalized spacial score (nSPS) is 12.6. The fraction of sp³-hybridized carbons (Fsp3) is 0.355. The summed E-state index contributed by atoms with van der Waals surface area (Å²) in [5.41, 5.74) is 6.42. The zero-order chi connectivity index (χ0) is 25.4. The Morgan fingerprint density at radius 1 is 0.857 bits per heavy atom. The smallest absolute Gasteiger partial charge is 0.243 e. The van der Waals surface area contributed by atoms with Gasteiger partial charge in [0.2, 0.25) is 11.8 Å². The summed E-state index contributed by atoms with van der Waals surface area (Å²) in [7, 11) is 0. The summed E-state index contributed by atoms with van der Waals surface area (Å²) in [4.78, 5) is 29.2. The number of amides is 2. The standard InChI is InChI=1S/C31H38N2O2/c1-6-25(5)32-31(35)29(19-26-10-8-7-9-11-26)33(21-27-16-13-22(2)14-17-27)30(34)20-28-18-23(3)12-15-24(28)4/h7-18,25,29H,6,19-21H2,1-5H3,(H,32,35). The van der Waals surface area contributed by atoms with Crippen LogP contribution in [0, 0.1) is 20.8 Å². The summed E-state index contributed by atoms with van der Waals surface area (Å²) >= 11 is 0. The Morgan fingerprint density at radius 2 is 1.51 bits per heavy atom. The van der Waals surface area contributed by atoms with Gasteiger partial charge in [0.15, 0.2) is 0 Å². The minimum atomic E-state index is -0.606. The molecule has 0 aliphatic rings. The SMILES string of the molecule is CCC(C)NC(=O)C(Cc1ccccc1)N(Cc1ccc(C)cc1)C(=O)Cc1cc(C)ccc1C. The predicted molar refractivity (Wildman–Crippen MR) is 143 cm³/mol. The summed E-state index contributed by atoms with van der Waals surface area (Å²) in [5, 5.41) is 3.13. The molecule has 0 aliphatic heterocycles. The summed E-state index contributed by atoms with van der Waals surface area (Å²) < 4.78 is 0. The number of nitrogens with zero attached hydrogens (tertiary/aromatic N) is 1. The molecule has 0 saturated carbocycles. The molecule has 0 heterocycles. The van der Waals surface area contributed by atoms with Crippen LogP contribution < -0.4 is 5.32 Å². The number of hydrogen-bond donors (Lipinski definition) is 1. The summed E-state index contributed by atoms with van der Waals surface area (Å²) in [6.07, 6.45) is 1.56. The van der Waals surface area contributed by atoms with E-state index in [0.29, 0.717) is 13.0 Å². The van der Waals surface area contributed by atoms with Crippen molar-refractivity contribution in [2.24, 2.45) is 0 Å². The Hall–Kier alpha value is -3.40. The molecule has 3 rings (SSSR count). The predicted octanol–water partition coefficient (Wildman–Crippen LogP) is 5.71. The van der Waals surface area contributed by atoms with Gasteiger partial charge in [-0.1, -0.05) is 90.8 Å². The van der Waals surface area contributed by atoms with Crippen molar-refractivity contribution in [3.8, 4) is 0 Å². The number of carbonyl (C=O) groups excluding carboxylic acids is 2. The Balaban J connectivity index is 1.99. The maximum Gasteiger partial charge on any atom is 0.243 e. The van der Waals surface area contributed by atoms with E-state index in [1.54, 1.807) is 4.90 Å². The van der Waals surface area contributed by atoms with E-state index in [-0.39, 0.29) is 24.3 Å². The number of carbonyl (C=O) groups is 2. The van der Waals surface area contributed by atoms with Crippen molar-refractivity contribution < 1.29 is 9.59 Å². The van der Waals surface area contributed by atoms with Crippen LogP contribution >= 0.6 is 0 Å². The van der Waals surface area contributed by atoms with Gasteiger partial charge in [-0.15, -0.1) is 0 Å². The molecule has 4 nitrogen and oxygen atoms in total. The first-order chi connectivity index (χ1) is 16.8. The highest BCUT2D eigenvalue weighted by Gasteiger charge is 2.31. The molecule has 3 aromatic carbocycles. The molecule has 2 unspecified atom stereocenters. The van der Waals surface area contributed by atoms with Crippen molar-refractivity contribution in [3.05, 3.63) is 106 Å². The monoisotopic (exact) mass is 470 g/mol. The van der Waals surface area contributed by atoms with E-state index >= 15 is 0 Å². The Labute approximate surface area is 210 Å². The van der Waals surface area contributed by atoms with Gasteiger partial charge in [-0.2, -0.15) is 0 Å². The van der Waals surface area contributed by atoms with Gasteiger partial charge in [0, 0.05) is 19.0 Å². The fourth-order valence-electron chi connectivity index (χ4n) is 4.14. The van der Waals surface area contributed by atoms with Gasteiger partial charge in [0.1, 0.15) is 6.04 Å². The largest absolute Gasteiger partial charge is 0.352 e. The molecular formula is C31H38N2O2. The van der Waals surface area contributed by atoms with E-state index in [1.165, 1.54) is 0 Å². The second kappa shape index (κ2) is 12.3. The zero-order valence-corrected chi connectivity index (χ0v) is 21.7. The number of hydrogen-bond acceptors (Lipinski definition) is 2. The quantitative estimate of drug-likeness (QED) is 0.413. The topological polar surface area (TPSA) is 49.4 Å². The van der Waals surface area contributed by atoms with Crippen molar-refractivity contribution in [3.63, 3.8) is 0 Å². The van der Waals surface area contributed by atoms with Crippen molar-refractivity contribution in [2.45, 2.75) is 72.5 Å². The first-order valence-corrected chi connectivity index (χ1v) is 12.5. The van der Waals surface area contributed by atoms with Gasteiger partial charge < -0.3 is 10.2 Å². The second-order valence-electron chi connectivity index (χ2n) is 9.64. The highest BCUT2D eigenvalue weighted by Crippen LogP contribution is 2.19. The third-order valence-electron chi connectivity index (χ3n) is 6.59. The highest BCUT2D eigenvalue weighted by molar-refractivity contribution is 5.89. The number of benzene rings is 3. The maximum atomic E-state index is 13.9. The molecule has 2 atom stereocenters. The van der Waals surface area contributed by atoms with Gasteiger partial charge >= 0.3 is 0 Å². The fourth-order valence-corrected chi connectivity index (χ4v) is 4.14. The molecule has 1 N–H and O–H groups in total. The van der Waals surface area contributed by atoms with Gasteiger partial charge in [-0.3, -0.25) is 9.59 Å². The van der Waals surface area contributed by atoms with Crippen LogP contribution in [0.25, 0.3) is 0 Å². The average molecular weight is 471 g/mol. The Morgan fingerprint density at radius 3 is 2.17 bits per heavy atom. The van der Waals surface area contributed by atoms with E-state index in [4.69, 9.17) is 0 Å². The van der Waals surface area contributed by atoms with E-state index < -0.39 is 6.04 Å². The van der Waals surface area contributed by atoms with E-state index in [0.717, 1.165) is 39.8 Å². The lowest BCUT2D eigenvalue weighted by molar-refractivity contribution is -0.141. The molecular weight excluding hydrogens is 432 g/mol. The molecule has 0 radical (unpaired) electrons. The molecule has 4 heteroatoms. The third kappa shape index (κ3) is 7.54. The van der Waals surface area contributed by atoms with Crippen molar-refractivity contribution in [2.75, 3.05) is 0 Å². The molecule has 3 aromatic rings. The van der Waals surface area contributed by atoms with Crippen molar-refractivity contribution >= 4 is 11.8 Å². The molecule has 184 valence electrons. The highest BCUT2D eigenvalue weighted by atomic mass is 16.2. The number of nitrogens with one attached hydrogen (secondary N) is 1. The van der Waals surface area contributed by atoms with Crippen LogP contribution in [0.5, 0.6) is 0 Å². The average Bonchev–Trinajstić information content (AvgIpc) is 2.85. The van der Waals surface area contributed by atoms with Gasteiger partial charge in [-0.05, 0) is 56.4 Å². The second-order valence-corrected chi connectivity index (χ2v) is 9.64. The number of aryl methyl sites for hydroxylation is 3. The molecule has 0 aliphatic carbocycles. The van der Waals surface area contributed by atoms with Crippen LogP contribution in [0.15, 0.2) is 72.8 Å². The number of rotatable bonds is 10. The van der Waals surface area contributed by atoms with Crippen LogP contribution in [0.2, 0.25) is 0 Å². The molecule has 0 bridgehead atoms. The lowest BCUT2D eigenvalue weighted by Crippen LogP contribution is -2.52. The van der Waals surface area contributed by atoms with Crippen molar-refractivity contribution in [1.82, 2.24) is 10.2 Å². The molecule has 0 spiro atoms. The molecule has 2 amide bonds. The van der Waals surface area contributed by atoms with E-state index in [1.807, 2.05) is 89.2 Å². The van der Waals surface area contributed by atoms with E-state index in [9.17, 15) is 9.59 Å². The molecule has 35 heavy (non-hydrogen) atoms. The summed E-state index contributed by atoms with van der Waals surface area (Å²) in [6.45, 7) is 10.5. The van der Waals surface area contributed by atoms with Gasteiger partial charge in [0.05, 0.1) is 6.42 Å². The zero-order valence-electron chi connectivity index (χ0n) is 21.7. The third-order valence-corrected chi connectivity index (χ3v) is 6.59. The van der Waals surface area contributed by atoms with E-state index in [2.05, 4.69) is 23.5 Å². The van der Waals surface area contributed by atoms with Crippen LogP contribution in [0.1, 0.15) is 53.6 Å². The Bertz CT molecular complexity index is 1120. The van der Waals surface area contributed by atoms with Gasteiger partial charge in [-0.25, -0.2) is 0 Å². The molecule has 0 fully saturated rings. The summed E-state index contributed by atoms with van der Waals surface area (Å²) in [5.74, 6) is -0.149. The first-order valence-electron chi connectivity index (χ1n) is 12.5. The molecule has 0 aromatic heterocycles. The first kappa shape index (κ1) is 26.2. The van der Waals surface area contributed by atoms with Crippen LogP contribution in [0.4, 0.5) is 0 Å². The summed E-state index contributed by atoms with van der Waals surface area (Å²) in [6, 6.07) is 23.7. The Kier molecular flexibility index (Phi) is 9.25. The van der Waals surface area contributed by atoms with Gasteiger partial charge in [0.25, 0.3) is 0 Å². The maximum absolute atomic E-state index is 13.9.